The summed E-state index contributed by atoms with van der Waals surface area (Å²) in [4.78, 5) is 29.0. The first kappa shape index (κ1) is 30.5. The molecule has 0 N–H and O–H groups in total. The first-order valence-corrected chi connectivity index (χ1v) is 13.7. The fourth-order valence-corrected chi connectivity index (χ4v) is 5.65. The Kier molecular flexibility index (Phi) is 9.36. The van der Waals surface area contributed by atoms with Crippen molar-refractivity contribution < 1.29 is 41.7 Å². The maximum atomic E-state index is 13.4. The number of ether oxygens (including phenoxy) is 4. The molecule has 2 heterocycles. The predicted molar refractivity (Wildman–Crippen MR) is 145 cm³/mol. The Hall–Kier alpha value is -3.47. The minimum Gasteiger partial charge on any atom is -0.493 e. The molecule has 1 unspecified atom stereocenters. The first-order chi connectivity index (χ1) is 19.5. The van der Waals surface area contributed by atoms with Crippen LogP contribution in [0.1, 0.15) is 49.0 Å². The van der Waals surface area contributed by atoms with Crippen LogP contribution >= 0.6 is 0 Å². The number of esters is 1. The molecule has 0 bridgehead atoms. The van der Waals surface area contributed by atoms with E-state index in [1.807, 2.05) is 38.1 Å². The fraction of sp³-hybridized carbons (Fsp3) is 0.533. The van der Waals surface area contributed by atoms with Gasteiger partial charge in [-0.3, -0.25) is 9.69 Å². The van der Waals surface area contributed by atoms with E-state index < -0.39 is 23.8 Å². The van der Waals surface area contributed by atoms with Crippen LogP contribution in [0.15, 0.2) is 42.5 Å². The average molecular weight is 579 g/mol. The average Bonchev–Trinajstić information content (AvgIpc) is 3.27. The summed E-state index contributed by atoms with van der Waals surface area (Å²) in [5.74, 6) is -0.778. The maximum absolute atomic E-state index is 13.4. The van der Waals surface area contributed by atoms with Crippen molar-refractivity contribution in [1.29, 1.82) is 0 Å². The summed E-state index contributed by atoms with van der Waals surface area (Å²) in [5.41, 5.74) is 0.411. The predicted octanol–water partition coefficient (Wildman–Crippen LogP) is 5.30. The molecule has 8 nitrogen and oxygen atoms in total. The van der Waals surface area contributed by atoms with Crippen LogP contribution in [0.5, 0.6) is 17.2 Å². The van der Waals surface area contributed by atoms with Crippen molar-refractivity contribution in [1.82, 2.24) is 9.80 Å². The Labute approximate surface area is 238 Å². The van der Waals surface area contributed by atoms with E-state index in [9.17, 15) is 22.8 Å². The van der Waals surface area contributed by atoms with Gasteiger partial charge in [-0.2, -0.15) is 13.2 Å². The minimum absolute atomic E-state index is 0.259. The second kappa shape index (κ2) is 12.6. The van der Waals surface area contributed by atoms with Crippen molar-refractivity contribution >= 4 is 11.9 Å². The molecule has 1 amide bonds. The quantitative estimate of drug-likeness (QED) is 0.374. The highest BCUT2D eigenvalue weighted by molar-refractivity contribution is 5.98. The van der Waals surface area contributed by atoms with Gasteiger partial charge in [0.25, 0.3) is 5.91 Å². The van der Waals surface area contributed by atoms with Crippen molar-refractivity contribution in [2.45, 2.75) is 52.1 Å². The molecule has 41 heavy (non-hydrogen) atoms. The third kappa shape index (κ3) is 6.72. The molecule has 0 aromatic heterocycles. The van der Waals surface area contributed by atoms with Crippen LogP contribution in [0.2, 0.25) is 0 Å². The Morgan fingerprint density at radius 3 is 2.24 bits per heavy atom. The number of benzene rings is 2. The van der Waals surface area contributed by atoms with E-state index in [0.717, 1.165) is 5.56 Å². The number of methoxy groups -OCH3 is 2. The molecule has 2 saturated heterocycles. The van der Waals surface area contributed by atoms with Gasteiger partial charge >= 0.3 is 12.1 Å². The summed E-state index contributed by atoms with van der Waals surface area (Å²) in [7, 11) is 2.94. The number of hydrogen-bond donors (Lipinski definition) is 0. The molecular weight excluding hydrogens is 541 g/mol. The molecule has 11 heteroatoms. The van der Waals surface area contributed by atoms with Gasteiger partial charge in [-0.25, -0.2) is 4.79 Å². The van der Waals surface area contributed by atoms with Crippen LogP contribution in [0.25, 0.3) is 0 Å². The third-order valence-corrected chi connectivity index (χ3v) is 7.80. The lowest BCUT2D eigenvalue weighted by atomic mass is 9.76. The summed E-state index contributed by atoms with van der Waals surface area (Å²) in [6.07, 6.45) is -4.93. The molecule has 0 radical (unpaired) electrons. The van der Waals surface area contributed by atoms with Gasteiger partial charge in [-0.05, 0) is 43.4 Å². The van der Waals surface area contributed by atoms with Crippen molar-refractivity contribution in [3.8, 4) is 17.2 Å². The van der Waals surface area contributed by atoms with Crippen molar-refractivity contribution in [2.75, 3.05) is 40.5 Å². The van der Waals surface area contributed by atoms with Crippen LogP contribution in [0.4, 0.5) is 13.2 Å². The van der Waals surface area contributed by atoms with E-state index in [2.05, 4.69) is 0 Å². The highest BCUT2D eigenvalue weighted by Gasteiger charge is 2.54. The number of piperidine rings is 1. The normalized spacial score (nSPS) is 18.9. The summed E-state index contributed by atoms with van der Waals surface area (Å²) < 4.78 is 62.0. The number of alkyl halides is 3. The summed E-state index contributed by atoms with van der Waals surface area (Å²) in [6.45, 7) is 5.83. The molecule has 1 spiro atoms. The van der Waals surface area contributed by atoms with Crippen molar-refractivity contribution in [2.24, 2.45) is 11.3 Å². The van der Waals surface area contributed by atoms with Crippen molar-refractivity contribution in [3.63, 3.8) is 0 Å². The number of carbonyl (C=O) groups excluding carboxylic acids is 2. The molecule has 2 aromatic rings. The Balaban J connectivity index is 1.55. The molecule has 1 atom stereocenters. The van der Waals surface area contributed by atoms with Gasteiger partial charge in [0.15, 0.2) is 17.7 Å². The lowest BCUT2D eigenvalue weighted by Crippen LogP contribution is -2.51. The van der Waals surface area contributed by atoms with Gasteiger partial charge in [0.05, 0.1) is 26.4 Å². The second-order valence-corrected chi connectivity index (χ2v) is 11.0. The van der Waals surface area contributed by atoms with Gasteiger partial charge in [-0.15, -0.1) is 0 Å². The van der Waals surface area contributed by atoms with E-state index >= 15 is 0 Å². The molecule has 2 aromatic carbocycles. The molecule has 2 fully saturated rings. The zero-order valence-electron chi connectivity index (χ0n) is 23.8. The zero-order chi connectivity index (χ0) is 29.8. The van der Waals surface area contributed by atoms with E-state index in [1.54, 1.807) is 28.0 Å². The fourth-order valence-electron chi connectivity index (χ4n) is 5.65. The molecule has 0 aliphatic carbocycles. The van der Waals surface area contributed by atoms with Crippen LogP contribution in [-0.2, 0) is 16.1 Å². The SMILES string of the molecule is COc1cccc(C(=O)N2CCC3(CC2)CCN(Cc2ccccc2OCC(C)C)C3OC(=O)C(F)(F)F)c1OC. The molecule has 4 rings (SSSR count). The summed E-state index contributed by atoms with van der Waals surface area (Å²) in [5, 5.41) is 0. The minimum atomic E-state index is -5.12. The third-order valence-electron chi connectivity index (χ3n) is 7.80. The topological polar surface area (TPSA) is 77.5 Å². The second-order valence-electron chi connectivity index (χ2n) is 11.0. The van der Waals surface area contributed by atoms with Crippen LogP contribution < -0.4 is 14.2 Å². The summed E-state index contributed by atoms with van der Waals surface area (Å²) >= 11 is 0. The van der Waals surface area contributed by atoms with Crippen LogP contribution in [0.3, 0.4) is 0 Å². The van der Waals surface area contributed by atoms with Gasteiger partial charge in [0.2, 0.25) is 0 Å². The Bertz CT molecular complexity index is 1230. The molecule has 224 valence electrons. The maximum Gasteiger partial charge on any atom is 0.490 e. The smallest absolute Gasteiger partial charge is 0.490 e. The van der Waals surface area contributed by atoms with Gasteiger partial charge in [0.1, 0.15) is 5.75 Å². The number of hydrogen-bond acceptors (Lipinski definition) is 7. The van der Waals surface area contributed by atoms with E-state index in [1.165, 1.54) is 14.2 Å². The lowest BCUT2D eigenvalue weighted by molar-refractivity contribution is -0.220. The molecular formula is C30H37F3N2O6. The summed E-state index contributed by atoms with van der Waals surface area (Å²) in [6, 6.07) is 12.4. The van der Waals surface area contributed by atoms with Crippen LogP contribution in [0, 0.1) is 11.3 Å². The highest BCUT2D eigenvalue weighted by Crippen LogP contribution is 2.48. The van der Waals surface area contributed by atoms with Crippen molar-refractivity contribution in [3.05, 3.63) is 53.6 Å². The number of amides is 1. The number of halogens is 3. The monoisotopic (exact) mass is 578 g/mol. The van der Waals surface area contributed by atoms with Crippen LogP contribution in [-0.4, -0.2) is 74.5 Å². The van der Waals surface area contributed by atoms with E-state index in [0.29, 0.717) is 74.2 Å². The van der Waals surface area contributed by atoms with E-state index in [4.69, 9.17) is 18.9 Å². The molecule has 2 aliphatic heterocycles. The van der Waals surface area contributed by atoms with Gasteiger partial charge in [0, 0.05) is 37.2 Å². The number of nitrogens with zero attached hydrogens (tertiary/aromatic N) is 2. The number of para-hydroxylation sites is 2. The number of carbonyl (C=O) groups is 2. The lowest BCUT2D eigenvalue weighted by Gasteiger charge is -2.43. The molecule has 2 aliphatic rings. The number of rotatable bonds is 9. The first-order valence-electron chi connectivity index (χ1n) is 13.7. The number of likely N-dealkylation sites (tertiary alicyclic amines) is 2. The largest absolute Gasteiger partial charge is 0.493 e. The highest BCUT2D eigenvalue weighted by atomic mass is 19.4. The Morgan fingerprint density at radius 2 is 1.61 bits per heavy atom. The Morgan fingerprint density at radius 1 is 0.951 bits per heavy atom. The van der Waals surface area contributed by atoms with Gasteiger partial charge < -0.3 is 23.8 Å². The van der Waals surface area contributed by atoms with Gasteiger partial charge in [-0.1, -0.05) is 38.1 Å². The zero-order valence-corrected chi connectivity index (χ0v) is 23.8. The van der Waals surface area contributed by atoms with E-state index in [-0.39, 0.29) is 12.5 Å². The molecule has 0 saturated carbocycles. The standard InChI is InChI=1S/C30H37F3N2O6/c1-20(2)19-40-23-10-6-5-8-21(23)18-35-17-14-29(27(35)41-28(37)30(31,32)33)12-15-34(16-13-29)26(36)22-9-7-11-24(38-3)25(22)39-4/h5-11,20,27H,12-19H2,1-4H3.